The first kappa shape index (κ1) is 17.6. The molecule has 0 spiro atoms. The first-order chi connectivity index (χ1) is 12.8. The third kappa shape index (κ3) is 2.87. The lowest BCUT2D eigenvalue weighted by atomic mass is 9.81. The lowest BCUT2D eigenvalue weighted by molar-refractivity contribution is -0.145. The van der Waals surface area contributed by atoms with Gasteiger partial charge >= 0.3 is 6.18 Å². The number of ether oxygens (including phenoxy) is 1. The Kier molecular flexibility index (Phi) is 3.97. The summed E-state index contributed by atoms with van der Waals surface area (Å²) in [6.45, 7) is 1.93. The van der Waals surface area contributed by atoms with Crippen LogP contribution in [-0.2, 0) is 11.0 Å². The molecular weight excluding hydrogens is 361 g/mol. The zero-order valence-corrected chi connectivity index (χ0v) is 14.7. The number of nitrogens with one attached hydrogen (secondary N) is 1. The Labute approximate surface area is 153 Å². The molecule has 0 amide bonds. The second-order valence-electron chi connectivity index (χ2n) is 6.80. The SMILES string of the molecule is COc1ccccc1[C@@H]1C2=C(C[C@@H](C)CC2=O)Nc2nc(C(F)(F)F)nn21. The molecule has 4 rings (SSSR count). The van der Waals surface area contributed by atoms with Crippen LogP contribution in [0.3, 0.4) is 0 Å². The maximum Gasteiger partial charge on any atom is 0.453 e. The number of fused-ring (bicyclic) bond motifs is 1. The summed E-state index contributed by atoms with van der Waals surface area (Å²) in [7, 11) is 1.48. The second kappa shape index (κ2) is 6.11. The van der Waals surface area contributed by atoms with Crippen molar-refractivity contribution in [1.29, 1.82) is 0 Å². The van der Waals surface area contributed by atoms with Crippen molar-refractivity contribution >= 4 is 11.7 Å². The molecular formula is C18H17F3N4O2. The molecule has 0 saturated carbocycles. The van der Waals surface area contributed by atoms with E-state index in [9.17, 15) is 18.0 Å². The molecule has 2 aromatic rings. The molecule has 6 nitrogen and oxygen atoms in total. The van der Waals surface area contributed by atoms with Gasteiger partial charge < -0.3 is 10.1 Å². The van der Waals surface area contributed by atoms with Crippen LogP contribution in [0.25, 0.3) is 0 Å². The Morgan fingerprint density at radius 2 is 2.00 bits per heavy atom. The van der Waals surface area contributed by atoms with Crippen LogP contribution in [-0.4, -0.2) is 27.7 Å². The van der Waals surface area contributed by atoms with E-state index in [1.807, 2.05) is 6.92 Å². The van der Waals surface area contributed by atoms with Crippen molar-refractivity contribution in [2.75, 3.05) is 12.4 Å². The van der Waals surface area contributed by atoms with E-state index >= 15 is 0 Å². The smallest absolute Gasteiger partial charge is 0.453 e. The number of anilines is 1. The minimum absolute atomic E-state index is 0.0288. The lowest BCUT2D eigenvalue weighted by Gasteiger charge is -2.34. The summed E-state index contributed by atoms with van der Waals surface area (Å²) in [5.41, 5.74) is 1.59. The van der Waals surface area contributed by atoms with Gasteiger partial charge in [0.05, 0.1) is 7.11 Å². The molecule has 0 saturated heterocycles. The van der Waals surface area contributed by atoms with Crippen molar-refractivity contribution in [2.45, 2.75) is 32.0 Å². The van der Waals surface area contributed by atoms with Gasteiger partial charge in [0, 0.05) is 23.3 Å². The monoisotopic (exact) mass is 378 g/mol. The zero-order valence-electron chi connectivity index (χ0n) is 14.7. The summed E-state index contributed by atoms with van der Waals surface area (Å²) in [6.07, 6.45) is -3.79. The van der Waals surface area contributed by atoms with E-state index in [4.69, 9.17) is 4.74 Å². The third-order valence-corrected chi connectivity index (χ3v) is 4.81. The average Bonchev–Trinajstić information content (AvgIpc) is 3.03. The number of allylic oxidation sites excluding steroid dienone is 2. The summed E-state index contributed by atoms with van der Waals surface area (Å²) in [5, 5.41) is 6.57. The number of halogens is 3. The topological polar surface area (TPSA) is 69.0 Å². The summed E-state index contributed by atoms with van der Waals surface area (Å²) in [6, 6.07) is 6.11. The van der Waals surface area contributed by atoms with Gasteiger partial charge in [-0.1, -0.05) is 25.1 Å². The van der Waals surface area contributed by atoms with Gasteiger partial charge in [-0.25, -0.2) is 4.68 Å². The van der Waals surface area contributed by atoms with E-state index in [0.29, 0.717) is 35.4 Å². The summed E-state index contributed by atoms with van der Waals surface area (Å²) in [4.78, 5) is 16.4. The number of para-hydroxylation sites is 1. The van der Waals surface area contributed by atoms with Crippen LogP contribution >= 0.6 is 0 Å². The zero-order chi connectivity index (χ0) is 19.3. The van der Waals surface area contributed by atoms with Crippen molar-refractivity contribution in [2.24, 2.45) is 5.92 Å². The number of Topliss-reactive ketones (excluding diaryl/α,β-unsaturated/α-hetero) is 1. The number of hydrogen-bond acceptors (Lipinski definition) is 5. The molecule has 1 N–H and O–H groups in total. The molecule has 1 aliphatic carbocycles. The van der Waals surface area contributed by atoms with Gasteiger partial charge in [0.25, 0.3) is 5.82 Å². The molecule has 27 heavy (non-hydrogen) atoms. The minimum atomic E-state index is -4.69. The number of carbonyl (C=O) groups excluding carboxylic acids is 1. The molecule has 2 aliphatic rings. The Hall–Kier alpha value is -2.84. The van der Waals surface area contributed by atoms with Crippen molar-refractivity contribution in [3.8, 4) is 5.75 Å². The first-order valence-corrected chi connectivity index (χ1v) is 8.49. The number of alkyl halides is 3. The summed E-state index contributed by atoms with van der Waals surface area (Å²) < 4.78 is 46.1. The standard InChI is InChI=1S/C18H17F3N4O2/c1-9-7-11-14(12(26)8-9)15(10-5-3-4-6-13(10)27-2)25-17(22-11)23-16(24-25)18(19,20)21/h3-6,9,15H,7-8H2,1-2H3,(H,22,23,24)/t9-,15-/m1/s1. The van der Waals surface area contributed by atoms with E-state index in [1.54, 1.807) is 24.3 Å². The number of carbonyl (C=O) groups is 1. The predicted molar refractivity (Wildman–Crippen MR) is 90.2 cm³/mol. The van der Waals surface area contributed by atoms with Gasteiger partial charge in [-0.05, 0) is 18.4 Å². The van der Waals surface area contributed by atoms with Crippen LogP contribution in [0.4, 0.5) is 19.1 Å². The number of aromatic nitrogens is 3. The van der Waals surface area contributed by atoms with Crippen molar-refractivity contribution in [3.63, 3.8) is 0 Å². The van der Waals surface area contributed by atoms with E-state index < -0.39 is 18.0 Å². The molecule has 142 valence electrons. The highest BCUT2D eigenvalue weighted by Crippen LogP contribution is 2.44. The van der Waals surface area contributed by atoms with Crippen molar-refractivity contribution in [3.05, 3.63) is 46.9 Å². The van der Waals surface area contributed by atoms with Gasteiger partial charge in [-0.15, -0.1) is 5.10 Å². The number of methoxy groups -OCH3 is 1. The van der Waals surface area contributed by atoms with Crippen molar-refractivity contribution in [1.82, 2.24) is 14.8 Å². The fourth-order valence-corrected chi connectivity index (χ4v) is 3.71. The summed E-state index contributed by atoms with van der Waals surface area (Å²) in [5.74, 6) is -0.817. The quantitative estimate of drug-likeness (QED) is 0.865. The number of nitrogens with zero attached hydrogens (tertiary/aromatic N) is 3. The molecule has 1 aromatic heterocycles. The van der Waals surface area contributed by atoms with Gasteiger partial charge in [-0.2, -0.15) is 18.2 Å². The molecule has 0 unspecified atom stereocenters. The number of ketones is 1. The third-order valence-electron chi connectivity index (χ3n) is 4.81. The lowest BCUT2D eigenvalue weighted by Crippen LogP contribution is -2.33. The predicted octanol–water partition coefficient (Wildman–Crippen LogP) is 3.57. The highest BCUT2D eigenvalue weighted by Gasteiger charge is 2.43. The van der Waals surface area contributed by atoms with E-state index in [-0.39, 0.29) is 17.6 Å². The van der Waals surface area contributed by atoms with Crippen LogP contribution < -0.4 is 10.1 Å². The molecule has 9 heteroatoms. The van der Waals surface area contributed by atoms with Gasteiger partial charge in [0.1, 0.15) is 11.8 Å². The fraction of sp³-hybridized carbons (Fsp3) is 0.389. The molecule has 2 heterocycles. The normalized spacial score (nSPS) is 22.2. The maximum atomic E-state index is 13.2. The number of benzene rings is 1. The van der Waals surface area contributed by atoms with E-state index in [1.165, 1.54) is 7.11 Å². The minimum Gasteiger partial charge on any atom is -0.496 e. The number of hydrogen-bond donors (Lipinski definition) is 1. The fourth-order valence-electron chi connectivity index (χ4n) is 3.71. The Morgan fingerprint density at radius 3 is 2.70 bits per heavy atom. The Balaban J connectivity index is 1.95. The molecule has 0 fully saturated rings. The Bertz CT molecular complexity index is 948. The highest BCUT2D eigenvalue weighted by atomic mass is 19.4. The number of rotatable bonds is 2. The second-order valence-corrected chi connectivity index (χ2v) is 6.80. The maximum absolute atomic E-state index is 13.2. The van der Waals surface area contributed by atoms with Crippen molar-refractivity contribution < 1.29 is 22.7 Å². The Morgan fingerprint density at radius 1 is 1.26 bits per heavy atom. The van der Waals surface area contributed by atoms with E-state index in [2.05, 4.69) is 15.4 Å². The molecule has 1 aromatic carbocycles. The van der Waals surface area contributed by atoms with Crippen LogP contribution in [0.5, 0.6) is 5.75 Å². The molecule has 0 bridgehead atoms. The van der Waals surface area contributed by atoms with Crippen LogP contribution in [0.1, 0.15) is 37.2 Å². The van der Waals surface area contributed by atoms with Crippen LogP contribution in [0.2, 0.25) is 0 Å². The average molecular weight is 378 g/mol. The largest absolute Gasteiger partial charge is 0.496 e. The highest BCUT2D eigenvalue weighted by molar-refractivity contribution is 5.99. The van der Waals surface area contributed by atoms with Gasteiger partial charge in [0.15, 0.2) is 5.78 Å². The van der Waals surface area contributed by atoms with E-state index in [0.717, 1.165) is 4.68 Å². The molecule has 2 atom stereocenters. The molecule has 1 aliphatic heterocycles. The van der Waals surface area contributed by atoms with Crippen LogP contribution in [0, 0.1) is 5.92 Å². The first-order valence-electron chi connectivity index (χ1n) is 8.49. The van der Waals surface area contributed by atoms with Crippen LogP contribution in [0.15, 0.2) is 35.5 Å². The summed E-state index contributed by atoms with van der Waals surface area (Å²) >= 11 is 0. The molecule has 0 radical (unpaired) electrons. The van der Waals surface area contributed by atoms with Gasteiger partial charge in [-0.3, -0.25) is 4.79 Å². The van der Waals surface area contributed by atoms with Gasteiger partial charge in [0.2, 0.25) is 5.95 Å².